The summed E-state index contributed by atoms with van der Waals surface area (Å²) in [6.07, 6.45) is 2.83. The number of nitrogens with one attached hydrogen (secondary N) is 1. The number of carbonyl (C=O) groups excluding carboxylic acids is 1. The molecule has 0 spiro atoms. The first kappa shape index (κ1) is 23.4. The molecule has 3 aromatic rings. The SMILES string of the molecule is Cc1ccccc1-n1nnnc1SC(C)C(=O)Nc1ccc(S(=O)(=O)N2CCCCC2)cc1. The molecule has 1 amide bonds. The average molecular weight is 487 g/mol. The highest BCUT2D eigenvalue weighted by atomic mass is 32.2. The van der Waals surface area contributed by atoms with Crippen LogP contribution in [0.1, 0.15) is 31.7 Å². The fourth-order valence-electron chi connectivity index (χ4n) is 3.62. The van der Waals surface area contributed by atoms with Crippen molar-refractivity contribution in [3.05, 3.63) is 54.1 Å². The van der Waals surface area contributed by atoms with Gasteiger partial charge in [0.1, 0.15) is 0 Å². The summed E-state index contributed by atoms with van der Waals surface area (Å²) in [7, 11) is -3.50. The van der Waals surface area contributed by atoms with Gasteiger partial charge in [0, 0.05) is 18.8 Å². The van der Waals surface area contributed by atoms with E-state index in [0.717, 1.165) is 30.5 Å². The van der Waals surface area contributed by atoms with E-state index in [1.165, 1.54) is 28.2 Å². The third kappa shape index (κ3) is 5.26. The highest BCUT2D eigenvalue weighted by Crippen LogP contribution is 2.26. The van der Waals surface area contributed by atoms with Gasteiger partial charge < -0.3 is 5.32 Å². The first-order valence-corrected chi connectivity index (χ1v) is 13.1. The van der Waals surface area contributed by atoms with Gasteiger partial charge in [0.15, 0.2) is 0 Å². The van der Waals surface area contributed by atoms with Crippen molar-refractivity contribution >= 4 is 33.4 Å². The Kier molecular flexibility index (Phi) is 7.11. The number of anilines is 1. The Morgan fingerprint density at radius 1 is 1.06 bits per heavy atom. The maximum Gasteiger partial charge on any atom is 0.243 e. The van der Waals surface area contributed by atoms with Crippen molar-refractivity contribution in [3.8, 4) is 5.69 Å². The number of rotatable bonds is 7. The molecule has 11 heteroatoms. The van der Waals surface area contributed by atoms with Crippen molar-refractivity contribution < 1.29 is 13.2 Å². The largest absolute Gasteiger partial charge is 0.325 e. The minimum Gasteiger partial charge on any atom is -0.325 e. The molecule has 1 N–H and O–H groups in total. The van der Waals surface area contributed by atoms with Crippen LogP contribution in [0.4, 0.5) is 5.69 Å². The van der Waals surface area contributed by atoms with Gasteiger partial charge in [0.2, 0.25) is 21.1 Å². The van der Waals surface area contributed by atoms with Gasteiger partial charge in [-0.2, -0.15) is 8.99 Å². The number of carbonyl (C=O) groups is 1. The molecule has 1 aromatic heterocycles. The minimum absolute atomic E-state index is 0.231. The number of sulfonamides is 1. The molecule has 2 aromatic carbocycles. The smallest absolute Gasteiger partial charge is 0.243 e. The van der Waals surface area contributed by atoms with Gasteiger partial charge in [-0.05, 0) is 73.0 Å². The summed E-state index contributed by atoms with van der Waals surface area (Å²) in [5.74, 6) is -0.231. The maximum absolute atomic E-state index is 12.8. The zero-order chi connectivity index (χ0) is 23.4. The Morgan fingerprint density at radius 3 is 2.45 bits per heavy atom. The number of para-hydroxylation sites is 1. The zero-order valence-corrected chi connectivity index (χ0v) is 20.1. The Balaban J connectivity index is 1.41. The lowest BCUT2D eigenvalue weighted by Crippen LogP contribution is -2.35. The number of amides is 1. The summed E-state index contributed by atoms with van der Waals surface area (Å²) >= 11 is 1.25. The molecule has 2 heterocycles. The number of aryl methyl sites for hydroxylation is 1. The van der Waals surface area contributed by atoms with Crippen LogP contribution in [-0.2, 0) is 14.8 Å². The zero-order valence-electron chi connectivity index (χ0n) is 18.5. The van der Waals surface area contributed by atoms with Crippen LogP contribution in [-0.4, -0.2) is 57.2 Å². The quantitative estimate of drug-likeness (QED) is 0.510. The lowest BCUT2D eigenvalue weighted by Gasteiger charge is -2.25. The van der Waals surface area contributed by atoms with Crippen LogP contribution < -0.4 is 5.32 Å². The first-order chi connectivity index (χ1) is 15.9. The van der Waals surface area contributed by atoms with Crippen LogP contribution in [0.5, 0.6) is 0 Å². The number of piperidine rings is 1. The first-order valence-electron chi connectivity index (χ1n) is 10.8. The Bertz CT molecular complexity index is 1220. The monoisotopic (exact) mass is 486 g/mol. The molecular weight excluding hydrogens is 460 g/mol. The van der Waals surface area contributed by atoms with Gasteiger partial charge in [0.05, 0.1) is 15.8 Å². The second kappa shape index (κ2) is 10.0. The van der Waals surface area contributed by atoms with Crippen molar-refractivity contribution in [1.29, 1.82) is 0 Å². The molecule has 174 valence electrons. The number of benzene rings is 2. The fourth-order valence-corrected chi connectivity index (χ4v) is 5.94. The third-order valence-corrected chi connectivity index (χ3v) is 8.46. The van der Waals surface area contributed by atoms with Crippen LogP contribution in [0.25, 0.3) is 5.69 Å². The lowest BCUT2D eigenvalue weighted by atomic mass is 10.2. The van der Waals surface area contributed by atoms with Gasteiger partial charge in [0.25, 0.3) is 0 Å². The topological polar surface area (TPSA) is 110 Å². The predicted molar refractivity (Wildman–Crippen MR) is 127 cm³/mol. The van der Waals surface area contributed by atoms with E-state index in [2.05, 4.69) is 20.8 Å². The molecule has 0 radical (unpaired) electrons. The van der Waals surface area contributed by atoms with Gasteiger partial charge in [-0.25, -0.2) is 8.42 Å². The number of aromatic nitrogens is 4. The Labute approximate surface area is 197 Å². The average Bonchev–Trinajstić information content (AvgIpc) is 3.28. The Hall–Kier alpha value is -2.76. The second-order valence-electron chi connectivity index (χ2n) is 7.90. The summed E-state index contributed by atoms with van der Waals surface area (Å²) in [6, 6.07) is 14.0. The van der Waals surface area contributed by atoms with Crippen LogP contribution in [0.2, 0.25) is 0 Å². The van der Waals surface area contributed by atoms with E-state index < -0.39 is 15.3 Å². The number of tetrazole rings is 1. The molecule has 9 nitrogen and oxygen atoms in total. The van der Waals surface area contributed by atoms with Crippen LogP contribution in [0.3, 0.4) is 0 Å². The summed E-state index contributed by atoms with van der Waals surface area (Å²) in [4.78, 5) is 13.0. The van der Waals surface area contributed by atoms with Crippen molar-refractivity contribution in [2.24, 2.45) is 0 Å². The van der Waals surface area contributed by atoms with Gasteiger partial charge in [-0.15, -0.1) is 5.10 Å². The molecule has 33 heavy (non-hydrogen) atoms. The fraction of sp³-hybridized carbons (Fsp3) is 0.364. The predicted octanol–water partition coefficient (Wildman–Crippen LogP) is 3.26. The molecule has 1 aliphatic rings. The number of nitrogens with zero attached hydrogens (tertiary/aromatic N) is 5. The molecule has 4 rings (SSSR count). The van der Waals surface area contributed by atoms with Crippen LogP contribution in [0.15, 0.2) is 58.6 Å². The molecule has 1 atom stereocenters. The highest BCUT2D eigenvalue weighted by molar-refractivity contribution is 8.00. The summed E-state index contributed by atoms with van der Waals surface area (Å²) < 4.78 is 28.7. The van der Waals surface area contributed by atoms with Gasteiger partial charge >= 0.3 is 0 Å². The van der Waals surface area contributed by atoms with E-state index in [0.29, 0.717) is 23.9 Å². The molecule has 0 bridgehead atoms. The van der Waals surface area contributed by atoms with Gasteiger partial charge in [-0.1, -0.05) is 36.4 Å². The number of thioether (sulfide) groups is 1. The van der Waals surface area contributed by atoms with Crippen LogP contribution in [0, 0.1) is 6.92 Å². The van der Waals surface area contributed by atoms with E-state index in [1.807, 2.05) is 31.2 Å². The summed E-state index contributed by atoms with van der Waals surface area (Å²) in [5, 5.41) is 14.7. The molecular formula is C22H26N6O3S2. The van der Waals surface area contributed by atoms with E-state index in [-0.39, 0.29) is 10.8 Å². The van der Waals surface area contributed by atoms with E-state index in [4.69, 9.17) is 0 Å². The summed E-state index contributed by atoms with van der Waals surface area (Å²) in [5.41, 5.74) is 2.40. The van der Waals surface area contributed by atoms with Crippen molar-refractivity contribution in [2.45, 2.75) is 48.4 Å². The molecule has 1 unspecified atom stereocenters. The minimum atomic E-state index is -3.50. The van der Waals surface area contributed by atoms with E-state index >= 15 is 0 Å². The molecule has 1 aliphatic heterocycles. The Morgan fingerprint density at radius 2 is 1.76 bits per heavy atom. The highest BCUT2D eigenvalue weighted by Gasteiger charge is 2.26. The second-order valence-corrected chi connectivity index (χ2v) is 11.1. The summed E-state index contributed by atoms with van der Waals surface area (Å²) in [6.45, 7) is 4.85. The van der Waals surface area contributed by atoms with E-state index in [1.54, 1.807) is 23.7 Å². The standard InChI is InChI=1S/C22H26N6O3S2/c1-16-8-4-5-9-20(16)28-22(24-25-26-28)32-17(2)21(29)23-18-10-12-19(13-11-18)33(30,31)27-14-6-3-7-15-27/h4-5,8-13,17H,3,6-7,14-15H2,1-2H3,(H,23,29). The maximum atomic E-state index is 12.8. The van der Waals surface area contributed by atoms with Crippen molar-refractivity contribution in [2.75, 3.05) is 18.4 Å². The van der Waals surface area contributed by atoms with Gasteiger partial charge in [-0.3, -0.25) is 4.79 Å². The van der Waals surface area contributed by atoms with Crippen LogP contribution >= 0.6 is 11.8 Å². The number of hydrogen-bond donors (Lipinski definition) is 1. The molecule has 1 fully saturated rings. The van der Waals surface area contributed by atoms with Crippen molar-refractivity contribution in [1.82, 2.24) is 24.5 Å². The normalized spacial score (nSPS) is 15.8. The number of hydrogen-bond acceptors (Lipinski definition) is 7. The molecule has 1 saturated heterocycles. The molecule has 0 aliphatic carbocycles. The molecule has 0 saturated carbocycles. The van der Waals surface area contributed by atoms with Crippen molar-refractivity contribution in [3.63, 3.8) is 0 Å². The van der Waals surface area contributed by atoms with E-state index in [9.17, 15) is 13.2 Å². The third-order valence-electron chi connectivity index (χ3n) is 5.51. The lowest BCUT2D eigenvalue weighted by molar-refractivity contribution is -0.115.